The molecule has 0 radical (unpaired) electrons. The smallest absolute Gasteiger partial charge is 0.248 e. The second-order valence-electron chi connectivity index (χ2n) is 7.70. The van der Waals surface area contributed by atoms with Gasteiger partial charge in [0, 0.05) is 18.2 Å². The third-order valence-electron chi connectivity index (χ3n) is 4.82. The van der Waals surface area contributed by atoms with Crippen LogP contribution in [0.3, 0.4) is 0 Å². The fourth-order valence-electron chi connectivity index (χ4n) is 3.32. The molecule has 1 aliphatic rings. The molecule has 0 fully saturated rings. The van der Waals surface area contributed by atoms with Gasteiger partial charge in [-0.1, -0.05) is 52.0 Å². The summed E-state index contributed by atoms with van der Waals surface area (Å²) in [4.78, 5) is 12.6. The van der Waals surface area contributed by atoms with E-state index in [0.717, 1.165) is 40.3 Å². The van der Waals surface area contributed by atoms with Crippen LogP contribution in [0, 0.1) is 0 Å². The molecule has 0 unspecified atom stereocenters. The number of carbonyl (C=O) groups is 1. The van der Waals surface area contributed by atoms with Crippen molar-refractivity contribution < 1.29 is 14.3 Å². The lowest BCUT2D eigenvalue weighted by atomic mass is 9.92. The standard InChI is InChI=1S/C24H29NO3/c1-16(2)19-7-5-8-20(17(3)4)24(19)25-23(26)12-10-18-9-11-21-22(15-18)28-14-6-13-27-21/h5,7-12,15-17H,6,13-14H2,1-4H3,(H,25,26)/b12-10+. The number of fused-ring (bicyclic) bond motifs is 1. The Labute approximate surface area is 167 Å². The van der Waals surface area contributed by atoms with Gasteiger partial charge in [0.15, 0.2) is 11.5 Å². The highest BCUT2D eigenvalue weighted by molar-refractivity contribution is 6.03. The lowest BCUT2D eigenvalue weighted by Crippen LogP contribution is -2.13. The van der Waals surface area contributed by atoms with Crippen LogP contribution >= 0.6 is 0 Å². The zero-order valence-electron chi connectivity index (χ0n) is 17.1. The van der Waals surface area contributed by atoms with Crippen molar-refractivity contribution in [2.75, 3.05) is 18.5 Å². The molecule has 148 valence electrons. The summed E-state index contributed by atoms with van der Waals surface area (Å²) in [7, 11) is 0. The SMILES string of the molecule is CC(C)c1cccc(C(C)C)c1NC(=O)/C=C/c1ccc2c(c1)OCCCO2. The van der Waals surface area contributed by atoms with Crippen LogP contribution in [0.15, 0.2) is 42.5 Å². The average Bonchev–Trinajstić information content (AvgIpc) is 2.91. The van der Waals surface area contributed by atoms with E-state index < -0.39 is 0 Å². The number of carbonyl (C=O) groups excluding carboxylic acids is 1. The molecular weight excluding hydrogens is 350 g/mol. The van der Waals surface area contributed by atoms with E-state index >= 15 is 0 Å². The van der Waals surface area contributed by atoms with Gasteiger partial charge in [0.05, 0.1) is 13.2 Å². The van der Waals surface area contributed by atoms with Gasteiger partial charge >= 0.3 is 0 Å². The monoisotopic (exact) mass is 379 g/mol. The molecule has 1 amide bonds. The number of hydrogen-bond donors (Lipinski definition) is 1. The number of hydrogen-bond acceptors (Lipinski definition) is 3. The maximum absolute atomic E-state index is 12.6. The summed E-state index contributed by atoms with van der Waals surface area (Å²) in [6.45, 7) is 9.87. The predicted octanol–water partition coefficient (Wildman–Crippen LogP) is 5.75. The van der Waals surface area contributed by atoms with Crippen LogP contribution in [0.2, 0.25) is 0 Å². The maximum Gasteiger partial charge on any atom is 0.248 e. The number of nitrogens with one attached hydrogen (secondary N) is 1. The van der Waals surface area contributed by atoms with E-state index in [1.54, 1.807) is 12.2 Å². The molecule has 0 aromatic heterocycles. The summed E-state index contributed by atoms with van der Waals surface area (Å²) in [6, 6.07) is 12.0. The van der Waals surface area contributed by atoms with Gasteiger partial charge in [-0.15, -0.1) is 0 Å². The van der Waals surface area contributed by atoms with Crippen molar-refractivity contribution in [2.45, 2.75) is 46.0 Å². The third kappa shape index (κ3) is 4.75. The fourth-order valence-corrected chi connectivity index (χ4v) is 3.32. The number of anilines is 1. The Kier molecular flexibility index (Phi) is 6.40. The second kappa shape index (κ2) is 8.96. The second-order valence-corrected chi connectivity index (χ2v) is 7.70. The minimum atomic E-state index is -0.137. The van der Waals surface area contributed by atoms with Gasteiger partial charge in [-0.2, -0.15) is 0 Å². The zero-order chi connectivity index (χ0) is 20.1. The fraction of sp³-hybridized carbons (Fsp3) is 0.375. The van der Waals surface area contributed by atoms with Crippen molar-refractivity contribution >= 4 is 17.7 Å². The van der Waals surface area contributed by atoms with Crippen LogP contribution < -0.4 is 14.8 Å². The van der Waals surface area contributed by atoms with E-state index in [0.29, 0.717) is 25.0 Å². The Hall–Kier alpha value is -2.75. The van der Waals surface area contributed by atoms with Gasteiger partial charge in [-0.3, -0.25) is 4.79 Å². The quantitative estimate of drug-likeness (QED) is 0.673. The summed E-state index contributed by atoms with van der Waals surface area (Å²) in [5.41, 5.74) is 4.15. The predicted molar refractivity (Wildman–Crippen MR) is 114 cm³/mol. The highest BCUT2D eigenvalue weighted by Crippen LogP contribution is 2.33. The molecule has 0 spiro atoms. The number of para-hydroxylation sites is 1. The lowest BCUT2D eigenvalue weighted by Gasteiger charge is -2.19. The first kappa shape index (κ1) is 20.0. The molecule has 0 aliphatic carbocycles. The van der Waals surface area contributed by atoms with Gasteiger partial charge in [-0.25, -0.2) is 0 Å². The van der Waals surface area contributed by atoms with E-state index in [1.807, 2.05) is 18.2 Å². The molecule has 0 saturated heterocycles. The maximum atomic E-state index is 12.6. The van der Waals surface area contributed by atoms with Gasteiger partial charge in [0.1, 0.15) is 0 Å². The van der Waals surface area contributed by atoms with Crippen LogP contribution in [0.5, 0.6) is 11.5 Å². The number of rotatable bonds is 5. The summed E-state index contributed by atoms with van der Waals surface area (Å²) in [5.74, 6) is 2.01. The van der Waals surface area contributed by atoms with Gasteiger partial charge in [-0.05, 0) is 46.7 Å². The largest absolute Gasteiger partial charge is 0.490 e. The minimum absolute atomic E-state index is 0.137. The van der Waals surface area contributed by atoms with E-state index in [1.165, 1.54) is 0 Å². The normalized spacial score (nSPS) is 13.8. The molecule has 0 saturated carbocycles. The number of amides is 1. The highest BCUT2D eigenvalue weighted by Gasteiger charge is 2.15. The Balaban J connectivity index is 1.78. The Bertz CT molecular complexity index is 842. The summed E-state index contributed by atoms with van der Waals surface area (Å²) < 4.78 is 11.4. The number of ether oxygens (including phenoxy) is 2. The van der Waals surface area contributed by atoms with Crippen molar-refractivity contribution in [1.82, 2.24) is 0 Å². The molecule has 4 nitrogen and oxygen atoms in total. The van der Waals surface area contributed by atoms with Crippen molar-refractivity contribution in [2.24, 2.45) is 0 Å². The van der Waals surface area contributed by atoms with Gasteiger partial charge in [0.2, 0.25) is 5.91 Å². The molecule has 0 bridgehead atoms. The van der Waals surface area contributed by atoms with Crippen LogP contribution in [-0.2, 0) is 4.79 Å². The van der Waals surface area contributed by atoms with Crippen molar-refractivity contribution in [1.29, 1.82) is 0 Å². The summed E-state index contributed by atoms with van der Waals surface area (Å²) >= 11 is 0. The molecule has 4 heteroatoms. The molecule has 2 aromatic carbocycles. The Morgan fingerprint density at radius 3 is 2.25 bits per heavy atom. The van der Waals surface area contributed by atoms with Crippen molar-refractivity contribution in [3.8, 4) is 11.5 Å². The first-order valence-electron chi connectivity index (χ1n) is 9.97. The summed E-state index contributed by atoms with van der Waals surface area (Å²) in [6.07, 6.45) is 4.24. The van der Waals surface area contributed by atoms with Crippen LogP contribution in [0.25, 0.3) is 6.08 Å². The molecule has 3 rings (SSSR count). The minimum Gasteiger partial charge on any atom is -0.490 e. The zero-order valence-corrected chi connectivity index (χ0v) is 17.1. The van der Waals surface area contributed by atoms with E-state index in [-0.39, 0.29) is 5.91 Å². The van der Waals surface area contributed by atoms with E-state index in [9.17, 15) is 4.79 Å². The molecule has 0 atom stereocenters. The molecule has 1 aliphatic heterocycles. The third-order valence-corrected chi connectivity index (χ3v) is 4.82. The van der Waals surface area contributed by atoms with E-state index in [2.05, 4.69) is 51.2 Å². The average molecular weight is 380 g/mol. The van der Waals surface area contributed by atoms with E-state index in [4.69, 9.17) is 9.47 Å². The number of benzene rings is 2. The Morgan fingerprint density at radius 2 is 1.61 bits per heavy atom. The van der Waals surface area contributed by atoms with Crippen molar-refractivity contribution in [3.05, 3.63) is 59.2 Å². The molecule has 2 aromatic rings. The van der Waals surface area contributed by atoms with Gasteiger partial charge in [0.25, 0.3) is 0 Å². The van der Waals surface area contributed by atoms with Gasteiger partial charge < -0.3 is 14.8 Å². The molecule has 1 N–H and O–H groups in total. The molecule has 28 heavy (non-hydrogen) atoms. The first-order valence-corrected chi connectivity index (χ1v) is 9.97. The first-order chi connectivity index (χ1) is 13.5. The van der Waals surface area contributed by atoms with Crippen LogP contribution in [0.1, 0.15) is 62.6 Å². The summed E-state index contributed by atoms with van der Waals surface area (Å²) in [5, 5.41) is 3.10. The van der Waals surface area contributed by atoms with Crippen LogP contribution in [-0.4, -0.2) is 19.1 Å². The molecular formula is C24H29NO3. The topological polar surface area (TPSA) is 47.6 Å². The van der Waals surface area contributed by atoms with Crippen LogP contribution in [0.4, 0.5) is 5.69 Å². The lowest BCUT2D eigenvalue weighted by molar-refractivity contribution is -0.111. The molecule has 1 heterocycles. The Morgan fingerprint density at radius 1 is 0.964 bits per heavy atom. The van der Waals surface area contributed by atoms with Crippen molar-refractivity contribution in [3.63, 3.8) is 0 Å². The highest BCUT2D eigenvalue weighted by atomic mass is 16.5.